The quantitative estimate of drug-likeness (QED) is 0.284. The summed E-state index contributed by atoms with van der Waals surface area (Å²) in [6, 6.07) is 13.0. The molecule has 0 aliphatic carbocycles. The average molecular weight is 383 g/mol. The molecule has 1 heterocycles. The SMILES string of the molecule is N=C(N)c1ccc(NC(=O)[C@H](O)[C@H]2OCCN(c3cccc(N)c3)C2=O)cc1. The maximum absolute atomic E-state index is 12.7. The second-order valence-corrected chi connectivity index (χ2v) is 6.30. The monoisotopic (exact) mass is 383 g/mol. The van der Waals surface area contributed by atoms with Crippen molar-refractivity contribution in [3.8, 4) is 0 Å². The second kappa shape index (κ2) is 8.07. The molecule has 9 heteroatoms. The first-order valence-corrected chi connectivity index (χ1v) is 8.59. The standard InChI is InChI=1S/C19H21N5O4/c20-12-2-1-3-14(10-12)24-8-9-28-16(19(24)27)15(25)18(26)23-13-6-4-11(5-7-13)17(21)22/h1-7,10,15-16,25H,8-9,20H2,(H3,21,22)(H,23,26)/t15-,16-/m1/s1. The van der Waals surface area contributed by atoms with Gasteiger partial charge < -0.3 is 31.5 Å². The first-order valence-electron chi connectivity index (χ1n) is 8.59. The van der Waals surface area contributed by atoms with Crippen molar-refractivity contribution in [3.05, 3.63) is 54.1 Å². The maximum Gasteiger partial charge on any atom is 0.259 e. The number of hydrogen-bond acceptors (Lipinski definition) is 6. The van der Waals surface area contributed by atoms with Gasteiger partial charge in [-0.05, 0) is 42.5 Å². The Balaban J connectivity index is 1.70. The van der Waals surface area contributed by atoms with Crippen LogP contribution in [0.3, 0.4) is 0 Å². The molecule has 7 N–H and O–H groups in total. The molecule has 2 aromatic carbocycles. The molecule has 1 aliphatic heterocycles. The molecule has 1 saturated heterocycles. The van der Waals surface area contributed by atoms with Gasteiger partial charge in [0.05, 0.1) is 6.61 Å². The molecule has 3 rings (SSSR count). The molecule has 2 aromatic rings. The summed E-state index contributed by atoms with van der Waals surface area (Å²) in [7, 11) is 0. The molecule has 0 saturated carbocycles. The predicted molar refractivity (Wildman–Crippen MR) is 105 cm³/mol. The molecule has 9 nitrogen and oxygen atoms in total. The van der Waals surface area contributed by atoms with Gasteiger partial charge in [-0.1, -0.05) is 6.07 Å². The Morgan fingerprint density at radius 1 is 1.29 bits per heavy atom. The van der Waals surface area contributed by atoms with Gasteiger partial charge in [-0.25, -0.2) is 0 Å². The van der Waals surface area contributed by atoms with Crippen LogP contribution in [0.2, 0.25) is 0 Å². The summed E-state index contributed by atoms with van der Waals surface area (Å²) >= 11 is 0. The minimum atomic E-state index is -1.69. The van der Waals surface area contributed by atoms with Crippen LogP contribution in [0.4, 0.5) is 17.1 Å². The molecule has 28 heavy (non-hydrogen) atoms. The number of hydrogen-bond donors (Lipinski definition) is 5. The molecule has 2 atom stereocenters. The minimum absolute atomic E-state index is 0.0965. The number of amidine groups is 1. The summed E-state index contributed by atoms with van der Waals surface area (Å²) < 4.78 is 5.37. The van der Waals surface area contributed by atoms with Crippen LogP contribution in [0, 0.1) is 5.41 Å². The largest absolute Gasteiger partial charge is 0.399 e. The van der Waals surface area contributed by atoms with Gasteiger partial charge in [0.1, 0.15) is 5.84 Å². The molecule has 0 radical (unpaired) electrons. The number of anilines is 3. The molecule has 2 amide bonds. The van der Waals surface area contributed by atoms with Gasteiger partial charge in [-0.15, -0.1) is 0 Å². The van der Waals surface area contributed by atoms with E-state index in [-0.39, 0.29) is 12.4 Å². The number of aliphatic hydroxyl groups is 1. The fourth-order valence-corrected chi connectivity index (χ4v) is 2.87. The molecule has 1 aliphatic rings. The number of benzene rings is 2. The number of nitrogens with one attached hydrogen (secondary N) is 2. The Labute approximate surface area is 161 Å². The van der Waals surface area contributed by atoms with Crippen LogP contribution in [-0.4, -0.2) is 48.1 Å². The fourth-order valence-electron chi connectivity index (χ4n) is 2.87. The zero-order chi connectivity index (χ0) is 20.3. The number of morpholine rings is 1. The number of carbonyl (C=O) groups excluding carboxylic acids is 2. The lowest BCUT2D eigenvalue weighted by Gasteiger charge is -2.34. The lowest BCUT2D eigenvalue weighted by molar-refractivity contribution is -0.150. The van der Waals surface area contributed by atoms with Gasteiger partial charge in [-0.3, -0.25) is 15.0 Å². The van der Waals surface area contributed by atoms with E-state index in [4.69, 9.17) is 21.6 Å². The number of ether oxygens (including phenoxy) is 1. The summed E-state index contributed by atoms with van der Waals surface area (Å²) in [6.45, 7) is 0.461. The lowest BCUT2D eigenvalue weighted by Crippen LogP contribution is -2.55. The highest BCUT2D eigenvalue weighted by molar-refractivity contribution is 6.04. The van der Waals surface area contributed by atoms with E-state index in [2.05, 4.69) is 5.32 Å². The number of carbonyl (C=O) groups is 2. The highest BCUT2D eigenvalue weighted by Gasteiger charge is 2.39. The molecule has 0 bridgehead atoms. The van der Waals surface area contributed by atoms with Gasteiger partial charge in [0.2, 0.25) is 0 Å². The molecular formula is C19H21N5O4. The summed E-state index contributed by atoms with van der Waals surface area (Å²) in [5.74, 6) is -1.39. The first-order chi connectivity index (χ1) is 13.4. The highest BCUT2D eigenvalue weighted by Crippen LogP contribution is 2.22. The van der Waals surface area contributed by atoms with E-state index in [1.165, 1.54) is 4.90 Å². The van der Waals surface area contributed by atoms with E-state index in [0.717, 1.165) is 0 Å². The van der Waals surface area contributed by atoms with Crippen molar-refractivity contribution in [1.82, 2.24) is 0 Å². The minimum Gasteiger partial charge on any atom is -0.399 e. The maximum atomic E-state index is 12.7. The Morgan fingerprint density at radius 3 is 2.64 bits per heavy atom. The van der Waals surface area contributed by atoms with Crippen molar-refractivity contribution in [2.24, 2.45) is 5.73 Å². The molecule has 146 valence electrons. The first kappa shape index (κ1) is 19.3. The summed E-state index contributed by atoms with van der Waals surface area (Å²) in [6.07, 6.45) is -3.02. The van der Waals surface area contributed by atoms with Crippen LogP contribution < -0.4 is 21.7 Å². The highest BCUT2D eigenvalue weighted by atomic mass is 16.5. The summed E-state index contributed by atoms with van der Waals surface area (Å²) in [5.41, 5.74) is 13.1. The number of nitrogens with two attached hydrogens (primary N) is 2. The second-order valence-electron chi connectivity index (χ2n) is 6.30. The van der Waals surface area contributed by atoms with Crippen LogP contribution in [0.5, 0.6) is 0 Å². The third-order valence-electron chi connectivity index (χ3n) is 4.32. The van der Waals surface area contributed by atoms with Crippen molar-refractivity contribution in [1.29, 1.82) is 5.41 Å². The van der Waals surface area contributed by atoms with E-state index < -0.39 is 24.0 Å². The Morgan fingerprint density at radius 2 is 2.00 bits per heavy atom. The van der Waals surface area contributed by atoms with E-state index in [1.807, 2.05) is 0 Å². The van der Waals surface area contributed by atoms with Crippen molar-refractivity contribution in [2.75, 3.05) is 29.1 Å². The zero-order valence-electron chi connectivity index (χ0n) is 15.0. The lowest BCUT2D eigenvalue weighted by atomic mass is 10.1. The Hall–Kier alpha value is -3.43. The van der Waals surface area contributed by atoms with Crippen LogP contribution in [-0.2, 0) is 14.3 Å². The fraction of sp³-hybridized carbons (Fsp3) is 0.211. The van der Waals surface area contributed by atoms with Crippen molar-refractivity contribution < 1.29 is 19.4 Å². The third kappa shape index (κ3) is 4.11. The van der Waals surface area contributed by atoms with Crippen LogP contribution in [0.15, 0.2) is 48.5 Å². The third-order valence-corrected chi connectivity index (χ3v) is 4.32. The molecule has 0 aromatic heterocycles. The van der Waals surface area contributed by atoms with Gasteiger partial charge in [-0.2, -0.15) is 0 Å². The van der Waals surface area contributed by atoms with Crippen LogP contribution >= 0.6 is 0 Å². The Kier molecular flexibility index (Phi) is 5.57. The zero-order valence-corrected chi connectivity index (χ0v) is 15.0. The summed E-state index contributed by atoms with van der Waals surface area (Å²) in [4.78, 5) is 26.5. The topological polar surface area (TPSA) is 155 Å². The normalized spacial score (nSPS) is 17.8. The van der Waals surface area contributed by atoms with Crippen molar-refractivity contribution in [3.63, 3.8) is 0 Å². The van der Waals surface area contributed by atoms with E-state index >= 15 is 0 Å². The van der Waals surface area contributed by atoms with Crippen LogP contribution in [0.25, 0.3) is 0 Å². The smallest absolute Gasteiger partial charge is 0.259 e. The van der Waals surface area contributed by atoms with Gasteiger partial charge in [0, 0.05) is 29.2 Å². The van der Waals surface area contributed by atoms with E-state index in [9.17, 15) is 14.7 Å². The van der Waals surface area contributed by atoms with Crippen molar-refractivity contribution >= 4 is 34.7 Å². The average Bonchev–Trinajstić information content (AvgIpc) is 2.68. The number of aliphatic hydroxyl groups excluding tert-OH is 1. The van der Waals surface area contributed by atoms with Gasteiger partial charge in [0.15, 0.2) is 12.2 Å². The van der Waals surface area contributed by atoms with Gasteiger partial charge in [0.25, 0.3) is 11.8 Å². The predicted octanol–water partition coefficient (Wildman–Crippen LogP) is 0.284. The molecule has 0 spiro atoms. The molecule has 1 fully saturated rings. The molecular weight excluding hydrogens is 362 g/mol. The molecule has 0 unspecified atom stereocenters. The van der Waals surface area contributed by atoms with Crippen LogP contribution in [0.1, 0.15) is 5.56 Å². The summed E-state index contributed by atoms with van der Waals surface area (Å²) in [5, 5.41) is 20.3. The van der Waals surface area contributed by atoms with E-state index in [1.54, 1.807) is 48.5 Å². The van der Waals surface area contributed by atoms with E-state index in [0.29, 0.717) is 29.2 Å². The number of nitrogens with zero attached hydrogens (tertiary/aromatic N) is 1. The number of rotatable bonds is 5. The van der Waals surface area contributed by atoms with Gasteiger partial charge >= 0.3 is 0 Å². The number of nitrogen functional groups attached to an aromatic ring is 2. The Bertz CT molecular complexity index is 899. The van der Waals surface area contributed by atoms with Crippen molar-refractivity contribution in [2.45, 2.75) is 12.2 Å². The number of amides is 2.